The van der Waals surface area contributed by atoms with Gasteiger partial charge in [-0.15, -0.1) is 0 Å². The Balaban J connectivity index is 1.01. The van der Waals surface area contributed by atoms with Gasteiger partial charge in [-0.3, -0.25) is 0 Å². The monoisotopic (exact) mass is 839 g/mol. The molecular formula is C65H45N. The third-order valence-electron chi connectivity index (χ3n) is 14.4. The molecule has 1 nitrogen and oxygen atoms in total. The van der Waals surface area contributed by atoms with E-state index in [-0.39, 0.29) is 5.41 Å². The number of hydrogen-bond donors (Lipinski definition) is 0. The van der Waals surface area contributed by atoms with Crippen molar-refractivity contribution < 1.29 is 0 Å². The van der Waals surface area contributed by atoms with Gasteiger partial charge in [0.1, 0.15) is 0 Å². The quantitative estimate of drug-likeness (QED) is 0.151. The maximum absolute atomic E-state index is 2.51. The van der Waals surface area contributed by atoms with E-state index >= 15 is 0 Å². The molecule has 0 unspecified atom stereocenters. The lowest BCUT2D eigenvalue weighted by Crippen LogP contribution is -2.17. The lowest BCUT2D eigenvalue weighted by atomic mass is 9.79. The average Bonchev–Trinajstić information content (AvgIpc) is 3.60. The van der Waals surface area contributed by atoms with E-state index < -0.39 is 0 Å². The van der Waals surface area contributed by atoms with Gasteiger partial charge in [0.2, 0.25) is 0 Å². The molecule has 0 radical (unpaired) electrons. The van der Waals surface area contributed by atoms with Gasteiger partial charge in [0.15, 0.2) is 0 Å². The maximum atomic E-state index is 2.51. The summed E-state index contributed by atoms with van der Waals surface area (Å²) in [5, 5.41) is 12.4. The first-order valence-corrected chi connectivity index (χ1v) is 23.1. The molecule has 12 aromatic rings. The first kappa shape index (κ1) is 38.2. The Hall–Kier alpha value is -8.26. The molecule has 1 aliphatic carbocycles. The highest BCUT2D eigenvalue weighted by Crippen LogP contribution is 2.54. The predicted molar refractivity (Wildman–Crippen MR) is 283 cm³/mol. The molecule has 0 aromatic heterocycles. The predicted octanol–water partition coefficient (Wildman–Crippen LogP) is 18.2. The van der Waals surface area contributed by atoms with Gasteiger partial charge in [0, 0.05) is 21.9 Å². The van der Waals surface area contributed by atoms with Crippen molar-refractivity contribution in [2.75, 3.05) is 4.90 Å². The second kappa shape index (κ2) is 14.9. The summed E-state index contributed by atoms with van der Waals surface area (Å²) in [6.07, 6.45) is 0. The van der Waals surface area contributed by atoms with Gasteiger partial charge < -0.3 is 4.90 Å². The highest BCUT2D eigenvalue weighted by atomic mass is 15.1. The van der Waals surface area contributed by atoms with Gasteiger partial charge in [-0.05, 0) is 141 Å². The third kappa shape index (κ3) is 5.87. The van der Waals surface area contributed by atoms with Gasteiger partial charge in [0.25, 0.3) is 0 Å². The van der Waals surface area contributed by atoms with Crippen LogP contribution in [0.15, 0.2) is 237 Å². The van der Waals surface area contributed by atoms with E-state index in [4.69, 9.17) is 0 Å². The lowest BCUT2D eigenvalue weighted by Gasteiger charge is -2.30. The smallest absolute Gasteiger partial charge is 0.0540 e. The molecule has 1 heteroatoms. The van der Waals surface area contributed by atoms with Gasteiger partial charge >= 0.3 is 0 Å². The van der Waals surface area contributed by atoms with Crippen LogP contribution in [-0.4, -0.2) is 0 Å². The standard InChI is InChI=1S/C65H45N/c1-65(2)59-40-47(63-55-30-14-15-31-56(55)64(58-39-46-23-7-6-22-45(46)38-57(58)63)54-29-13-12-26-49(54)42-18-4-3-5-19-42)34-36-52(59)53-37-35-48(41-60(53)65)66(61-32-16-24-43-20-8-10-27-50(43)61)62-33-17-25-44-21-9-11-28-51(44)62/h3-41H,1-2H3. The van der Waals surface area contributed by atoms with Gasteiger partial charge in [-0.25, -0.2) is 0 Å². The Morgan fingerprint density at radius 2 is 0.758 bits per heavy atom. The molecule has 0 spiro atoms. The molecule has 0 saturated carbocycles. The second-order valence-corrected chi connectivity index (χ2v) is 18.4. The summed E-state index contributed by atoms with van der Waals surface area (Å²) < 4.78 is 0. The molecule has 310 valence electrons. The van der Waals surface area contributed by atoms with E-state index in [2.05, 4.69) is 255 Å². The fourth-order valence-corrected chi connectivity index (χ4v) is 11.3. The van der Waals surface area contributed by atoms with E-state index in [9.17, 15) is 0 Å². The van der Waals surface area contributed by atoms with Crippen LogP contribution in [0, 0.1) is 0 Å². The summed E-state index contributed by atoms with van der Waals surface area (Å²) in [6, 6.07) is 87.8. The minimum absolute atomic E-state index is 0.271. The molecule has 0 bridgehead atoms. The number of hydrogen-bond acceptors (Lipinski definition) is 1. The Bertz CT molecular complexity index is 3820. The number of benzene rings is 12. The molecule has 12 aromatic carbocycles. The minimum atomic E-state index is -0.271. The van der Waals surface area contributed by atoms with Crippen LogP contribution in [0.25, 0.3) is 98.4 Å². The first-order valence-electron chi connectivity index (χ1n) is 23.1. The molecule has 1 aliphatic rings. The van der Waals surface area contributed by atoms with Gasteiger partial charge in [-0.1, -0.05) is 208 Å². The molecule has 0 heterocycles. The summed E-state index contributed by atoms with van der Waals surface area (Å²) in [5.41, 5.74) is 16.0. The summed E-state index contributed by atoms with van der Waals surface area (Å²) in [7, 11) is 0. The fraction of sp³-hybridized carbons (Fsp3) is 0.0462. The molecule has 13 rings (SSSR count). The number of anilines is 3. The fourth-order valence-electron chi connectivity index (χ4n) is 11.3. The summed E-state index contributed by atoms with van der Waals surface area (Å²) in [5.74, 6) is 0. The molecule has 0 aliphatic heterocycles. The zero-order valence-corrected chi connectivity index (χ0v) is 37.0. The van der Waals surface area contributed by atoms with E-state index in [0.29, 0.717) is 0 Å². The van der Waals surface area contributed by atoms with Crippen molar-refractivity contribution >= 4 is 70.9 Å². The summed E-state index contributed by atoms with van der Waals surface area (Å²) in [6.45, 7) is 4.83. The Kier molecular flexibility index (Phi) is 8.63. The van der Waals surface area contributed by atoms with E-state index in [0.717, 1.165) is 5.69 Å². The Morgan fingerprint density at radius 1 is 0.288 bits per heavy atom. The van der Waals surface area contributed by atoms with Crippen molar-refractivity contribution in [1.29, 1.82) is 0 Å². The highest BCUT2D eigenvalue weighted by molar-refractivity contribution is 6.24. The van der Waals surface area contributed by atoms with Crippen LogP contribution in [0.2, 0.25) is 0 Å². The molecule has 0 atom stereocenters. The van der Waals surface area contributed by atoms with Crippen LogP contribution in [0.5, 0.6) is 0 Å². The Labute approximate surface area is 385 Å². The number of nitrogens with zero attached hydrogens (tertiary/aromatic N) is 1. The average molecular weight is 840 g/mol. The molecule has 0 amide bonds. The van der Waals surface area contributed by atoms with Crippen molar-refractivity contribution in [3.05, 3.63) is 248 Å². The summed E-state index contributed by atoms with van der Waals surface area (Å²) >= 11 is 0. The van der Waals surface area contributed by atoms with E-state index in [1.165, 1.54) is 121 Å². The minimum Gasteiger partial charge on any atom is -0.309 e. The van der Waals surface area contributed by atoms with E-state index in [1.807, 2.05) is 0 Å². The SMILES string of the molecule is CC1(C)c2cc(-c3c4ccccc4c(-c4ccccc4-c4ccccc4)c4cc5ccccc5cc34)ccc2-c2ccc(N(c3cccc4ccccc34)c3cccc4ccccc34)cc21. The molecule has 0 fully saturated rings. The highest BCUT2D eigenvalue weighted by Gasteiger charge is 2.37. The van der Waals surface area contributed by atoms with Crippen molar-refractivity contribution in [3.8, 4) is 44.5 Å². The van der Waals surface area contributed by atoms with Crippen LogP contribution in [-0.2, 0) is 5.41 Å². The number of fused-ring (bicyclic) bond motifs is 8. The van der Waals surface area contributed by atoms with Crippen LogP contribution in [0.3, 0.4) is 0 Å². The zero-order chi connectivity index (χ0) is 43.9. The second-order valence-electron chi connectivity index (χ2n) is 18.4. The van der Waals surface area contributed by atoms with Crippen molar-refractivity contribution in [3.63, 3.8) is 0 Å². The molecule has 0 N–H and O–H groups in total. The topological polar surface area (TPSA) is 3.24 Å². The maximum Gasteiger partial charge on any atom is 0.0540 e. The van der Waals surface area contributed by atoms with Crippen LogP contribution in [0.4, 0.5) is 17.1 Å². The lowest BCUT2D eigenvalue weighted by molar-refractivity contribution is 0.660. The normalized spacial score (nSPS) is 12.8. The molecule has 0 saturated heterocycles. The van der Waals surface area contributed by atoms with Crippen LogP contribution in [0.1, 0.15) is 25.0 Å². The number of rotatable bonds is 6. The van der Waals surface area contributed by atoms with E-state index in [1.54, 1.807) is 0 Å². The van der Waals surface area contributed by atoms with Crippen molar-refractivity contribution in [2.45, 2.75) is 19.3 Å². The van der Waals surface area contributed by atoms with Crippen LogP contribution < -0.4 is 4.90 Å². The largest absolute Gasteiger partial charge is 0.309 e. The first-order chi connectivity index (χ1) is 32.5. The molecule has 66 heavy (non-hydrogen) atoms. The van der Waals surface area contributed by atoms with Crippen molar-refractivity contribution in [2.24, 2.45) is 0 Å². The van der Waals surface area contributed by atoms with Gasteiger partial charge in [0.05, 0.1) is 11.4 Å². The molecular weight excluding hydrogens is 795 g/mol. The van der Waals surface area contributed by atoms with Crippen molar-refractivity contribution in [1.82, 2.24) is 0 Å². The van der Waals surface area contributed by atoms with Crippen LogP contribution >= 0.6 is 0 Å². The Morgan fingerprint density at radius 3 is 1.39 bits per heavy atom. The summed E-state index contributed by atoms with van der Waals surface area (Å²) in [4.78, 5) is 2.48. The van der Waals surface area contributed by atoms with Gasteiger partial charge in [-0.2, -0.15) is 0 Å². The third-order valence-corrected chi connectivity index (χ3v) is 14.4. The zero-order valence-electron chi connectivity index (χ0n) is 37.0.